The molecule has 6 rings (SSSR count). The number of phosphoric ester groups is 1. The number of hydrogen-bond acceptors (Lipinski definition) is 19. The number of ether oxygens (including phenoxy) is 2. The van der Waals surface area contributed by atoms with E-state index in [0.29, 0.717) is 0 Å². The summed E-state index contributed by atoms with van der Waals surface area (Å²) in [6, 6.07) is 0. The maximum absolute atomic E-state index is 13.6. The molecule has 2 fully saturated rings. The SMILES string of the molecule is Nc1nc2c(ncn2[C@@H]2O[C@H](COP(=O)(O[C@H]3[C@@H](O)[C@H](n4cnc5c(N)ncnc54)O[C@@H]3CO)OP(=O)(O)O)[C@@H](O)[C@H]2O)c(=O)[nH]1. The van der Waals surface area contributed by atoms with E-state index >= 15 is 0 Å². The highest BCUT2D eigenvalue weighted by molar-refractivity contribution is 7.61. The van der Waals surface area contributed by atoms with E-state index in [1.54, 1.807) is 0 Å². The number of nitrogens with zero attached hydrogens (tertiary/aromatic N) is 7. The smallest absolute Gasteiger partial charge is 0.394 e. The van der Waals surface area contributed by atoms with Gasteiger partial charge in [0.25, 0.3) is 5.56 Å². The van der Waals surface area contributed by atoms with Crippen LogP contribution in [-0.4, -0.2) is 119 Å². The van der Waals surface area contributed by atoms with Gasteiger partial charge < -0.3 is 51.2 Å². The zero-order valence-electron chi connectivity index (χ0n) is 22.9. The van der Waals surface area contributed by atoms with Crippen LogP contribution in [0.1, 0.15) is 12.5 Å². The summed E-state index contributed by atoms with van der Waals surface area (Å²) in [5.41, 5.74) is 10.7. The number of aliphatic hydroxyl groups is 4. The molecule has 2 aliphatic heterocycles. The van der Waals surface area contributed by atoms with Crippen molar-refractivity contribution >= 4 is 49.7 Å². The van der Waals surface area contributed by atoms with E-state index in [-0.39, 0.29) is 34.1 Å². The molecule has 0 radical (unpaired) electrons. The molecule has 250 valence electrons. The van der Waals surface area contributed by atoms with Crippen LogP contribution < -0.4 is 17.0 Å². The molecule has 26 heteroatoms. The largest absolute Gasteiger partial charge is 0.484 e. The zero-order valence-corrected chi connectivity index (χ0v) is 24.7. The lowest BCUT2D eigenvalue weighted by molar-refractivity contribution is -0.0583. The molecule has 11 N–H and O–H groups in total. The third kappa shape index (κ3) is 5.91. The molecule has 24 nitrogen and oxygen atoms in total. The molecule has 0 bridgehead atoms. The normalized spacial score (nSPS) is 30.0. The van der Waals surface area contributed by atoms with Crippen molar-refractivity contribution in [2.24, 2.45) is 0 Å². The Labute approximate surface area is 254 Å². The first-order valence-corrected chi connectivity index (χ1v) is 16.0. The van der Waals surface area contributed by atoms with E-state index in [2.05, 4.69) is 34.2 Å². The molecule has 0 aliphatic carbocycles. The van der Waals surface area contributed by atoms with Crippen LogP contribution in [0.25, 0.3) is 22.3 Å². The minimum atomic E-state index is -5.63. The summed E-state index contributed by atoms with van der Waals surface area (Å²) in [5.74, 6) is -0.269. The van der Waals surface area contributed by atoms with Crippen molar-refractivity contribution in [1.29, 1.82) is 0 Å². The Kier molecular flexibility index (Phi) is 8.43. The van der Waals surface area contributed by atoms with Gasteiger partial charge in [-0.1, -0.05) is 0 Å². The fourth-order valence-corrected chi connectivity index (χ4v) is 7.36. The zero-order chi connectivity index (χ0) is 33.1. The van der Waals surface area contributed by atoms with E-state index in [1.165, 1.54) is 10.9 Å². The van der Waals surface area contributed by atoms with Crippen molar-refractivity contribution < 1.29 is 62.2 Å². The summed E-state index contributed by atoms with van der Waals surface area (Å²) in [6.45, 7) is -1.83. The first-order valence-electron chi connectivity index (χ1n) is 13.0. The molecule has 1 unspecified atom stereocenters. The lowest BCUT2D eigenvalue weighted by atomic mass is 10.1. The number of hydrogen-bond donors (Lipinski definition) is 9. The monoisotopic (exact) mass is 692 g/mol. The van der Waals surface area contributed by atoms with Gasteiger partial charge in [-0.05, 0) is 0 Å². The van der Waals surface area contributed by atoms with Crippen molar-refractivity contribution in [1.82, 2.24) is 39.0 Å². The highest BCUT2D eigenvalue weighted by Gasteiger charge is 2.52. The summed E-state index contributed by atoms with van der Waals surface area (Å²) < 4.78 is 53.7. The second kappa shape index (κ2) is 12.0. The Morgan fingerprint density at radius 2 is 1.57 bits per heavy atom. The van der Waals surface area contributed by atoms with Crippen LogP contribution in [0.3, 0.4) is 0 Å². The van der Waals surface area contributed by atoms with Crippen molar-refractivity contribution in [2.75, 3.05) is 24.7 Å². The van der Waals surface area contributed by atoms with Gasteiger partial charge in [-0.15, -0.1) is 0 Å². The predicted octanol–water partition coefficient (Wildman–Crippen LogP) is -3.39. The molecule has 6 heterocycles. The average molecular weight is 692 g/mol. The molecular formula is C20H26N10O14P2. The Hall–Kier alpha value is -3.48. The molecule has 46 heavy (non-hydrogen) atoms. The van der Waals surface area contributed by atoms with Crippen LogP contribution in [0.4, 0.5) is 11.8 Å². The van der Waals surface area contributed by atoms with Gasteiger partial charge >= 0.3 is 15.6 Å². The lowest BCUT2D eigenvalue weighted by Gasteiger charge is -2.26. The number of nitrogen functional groups attached to an aromatic ring is 2. The van der Waals surface area contributed by atoms with Crippen LogP contribution in [-0.2, 0) is 32.0 Å². The predicted molar refractivity (Wildman–Crippen MR) is 147 cm³/mol. The number of rotatable bonds is 10. The number of imidazole rings is 2. The molecule has 0 saturated carbocycles. The summed E-state index contributed by atoms with van der Waals surface area (Å²) in [7, 11) is -11.1. The van der Waals surface area contributed by atoms with Gasteiger partial charge in [0.2, 0.25) is 5.95 Å². The summed E-state index contributed by atoms with van der Waals surface area (Å²) in [5, 5.41) is 42.3. The van der Waals surface area contributed by atoms with Gasteiger partial charge in [0.1, 0.15) is 48.5 Å². The maximum Gasteiger partial charge on any atom is 0.484 e. The van der Waals surface area contributed by atoms with Gasteiger partial charge in [0.15, 0.2) is 35.1 Å². The number of nitrogens with one attached hydrogen (secondary N) is 1. The number of aromatic amines is 1. The van der Waals surface area contributed by atoms with Crippen LogP contribution >= 0.6 is 15.6 Å². The summed E-state index contributed by atoms with van der Waals surface area (Å²) in [6.07, 6.45) is -9.58. The minimum absolute atomic E-state index is 0.00893. The quantitative estimate of drug-likeness (QED) is 0.0731. The molecule has 0 amide bonds. The Balaban J connectivity index is 1.22. The van der Waals surface area contributed by atoms with Crippen molar-refractivity contribution in [3.63, 3.8) is 0 Å². The molecule has 0 spiro atoms. The van der Waals surface area contributed by atoms with E-state index in [9.17, 15) is 44.1 Å². The highest BCUT2D eigenvalue weighted by atomic mass is 31.3. The van der Waals surface area contributed by atoms with Crippen LogP contribution in [0.5, 0.6) is 0 Å². The number of H-pyrrole nitrogens is 1. The third-order valence-corrected chi connectivity index (χ3v) is 9.68. The number of anilines is 2. The average Bonchev–Trinajstić information content (AvgIpc) is 3.73. The Morgan fingerprint density at radius 1 is 0.913 bits per heavy atom. The van der Waals surface area contributed by atoms with Gasteiger partial charge in [0, 0.05) is 0 Å². The van der Waals surface area contributed by atoms with Gasteiger partial charge in [-0.25, -0.2) is 29.1 Å². The van der Waals surface area contributed by atoms with Crippen LogP contribution in [0.15, 0.2) is 23.8 Å². The fraction of sp³-hybridized carbons (Fsp3) is 0.500. The van der Waals surface area contributed by atoms with Gasteiger partial charge in [-0.2, -0.15) is 9.29 Å². The standard InChI is InChI=1S/C20H26N10O14P2/c21-14-8-15(24-3-23-14)29(4-25-8)19-12(34)13(6(1-31)41-19)43-46(39,44-45(36,37)38)40-2-7-10(32)11(33)18(42-7)30-5-26-9-16(30)27-20(22)28-17(9)35/h3-7,10-13,18-19,31-34H,1-2H2,(H2,21,23,24)(H2,36,37,38)(H3,22,27,28,35)/t6-,7-,10-,11-,12-,13-,18-,19-,46?/m1/s1. The molecule has 2 aliphatic rings. The Bertz CT molecular complexity index is 1910. The Morgan fingerprint density at radius 3 is 2.26 bits per heavy atom. The lowest BCUT2D eigenvalue weighted by Crippen LogP contribution is -2.36. The molecule has 4 aromatic rings. The fourth-order valence-electron chi connectivity index (χ4n) is 5.03. The van der Waals surface area contributed by atoms with Gasteiger partial charge in [0.05, 0.1) is 25.9 Å². The number of aliphatic hydroxyl groups excluding tert-OH is 4. The van der Waals surface area contributed by atoms with E-state index in [0.717, 1.165) is 17.2 Å². The van der Waals surface area contributed by atoms with E-state index in [4.69, 9.17) is 30.0 Å². The highest BCUT2D eigenvalue weighted by Crippen LogP contribution is 2.63. The van der Waals surface area contributed by atoms with Crippen LogP contribution in [0.2, 0.25) is 0 Å². The maximum atomic E-state index is 13.6. The summed E-state index contributed by atoms with van der Waals surface area (Å²) >= 11 is 0. The second-order valence-corrected chi connectivity index (χ2v) is 13.0. The summed E-state index contributed by atoms with van der Waals surface area (Å²) in [4.78, 5) is 53.0. The topological polar surface area (TPSA) is 361 Å². The minimum Gasteiger partial charge on any atom is -0.394 e. The molecule has 2 saturated heterocycles. The first kappa shape index (κ1) is 32.5. The number of phosphoric acid groups is 2. The number of fused-ring (bicyclic) bond motifs is 2. The molecule has 4 aromatic heterocycles. The van der Waals surface area contributed by atoms with Crippen LogP contribution in [0, 0.1) is 0 Å². The van der Waals surface area contributed by atoms with E-state index < -0.39 is 83.5 Å². The number of aromatic nitrogens is 8. The molecule has 0 aromatic carbocycles. The van der Waals surface area contributed by atoms with E-state index in [1.807, 2.05) is 0 Å². The second-order valence-electron chi connectivity index (χ2n) is 10.0. The molecule has 9 atom stereocenters. The van der Waals surface area contributed by atoms with Gasteiger partial charge in [-0.3, -0.25) is 28.0 Å². The van der Waals surface area contributed by atoms with Crippen molar-refractivity contribution in [2.45, 2.75) is 49.1 Å². The van der Waals surface area contributed by atoms with Crippen molar-refractivity contribution in [3.8, 4) is 0 Å². The number of nitrogens with two attached hydrogens (primary N) is 2. The molecular weight excluding hydrogens is 666 g/mol. The van der Waals surface area contributed by atoms with Crippen molar-refractivity contribution in [3.05, 3.63) is 29.3 Å². The third-order valence-electron chi connectivity index (χ3n) is 7.07. The first-order chi connectivity index (χ1) is 21.7.